The molecule has 0 aliphatic rings. The van der Waals surface area contributed by atoms with Crippen LogP contribution in [0, 0.1) is 0 Å². The van der Waals surface area contributed by atoms with Gasteiger partial charge in [-0.1, -0.05) is 30.0 Å². The topological polar surface area (TPSA) is 38.7 Å². The highest BCUT2D eigenvalue weighted by Gasteiger charge is 2.12. The number of benzene rings is 1. The van der Waals surface area contributed by atoms with E-state index in [1.165, 1.54) is 5.56 Å². The van der Waals surface area contributed by atoms with Gasteiger partial charge in [0.05, 0.1) is 15.9 Å². The zero-order valence-electron chi connectivity index (χ0n) is 12.2. The van der Waals surface area contributed by atoms with Gasteiger partial charge in [0.1, 0.15) is 10.7 Å². The summed E-state index contributed by atoms with van der Waals surface area (Å²) in [6.07, 6.45) is 3.64. The van der Waals surface area contributed by atoms with Crippen LogP contribution >= 0.6 is 23.1 Å². The molecule has 5 heteroatoms. The van der Waals surface area contributed by atoms with Crippen molar-refractivity contribution in [1.82, 2.24) is 15.0 Å². The number of para-hydroxylation sites is 2. The number of pyridine rings is 1. The van der Waals surface area contributed by atoms with Crippen LogP contribution in [0.15, 0.2) is 71.3 Å². The van der Waals surface area contributed by atoms with Gasteiger partial charge in [0.25, 0.3) is 0 Å². The van der Waals surface area contributed by atoms with Crippen LogP contribution in [-0.4, -0.2) is 15.0 Å². The predicted molar refractivity (Wildman–Crippen MR) is 96.6 cm³/mol. The minimum atomic E-state index is 0.855. The van der Waals surface area contributed by atoms with Crippen LogP contribution in [-0.2, 0) is 5.75 Å². The van der Waals surface area contributed by atoms with Gasteiger partial charge in [-0.3, -0.25) is 4.98 Å². The summed E-state index contributed by atoms with van der Waals surface area (Å²) in [6.45, 7) is 0. The van der Waals surface area contributed by atoms with E-state index < -0.39 is 0 Å². The average Bonchev–Trinajstić information content (AvgIpc) is 3.14. The van der Waals surface area contributed by atoms with E-state index in [2.05, 4.69) is 16.4 Å². The number of hydrogen-bond donors (Lipinski definition) is 0. The minimum absolute atomic E-state index is 0.855. The molecule has 4 rings (SSSR count). The number of aromatic nitrogens is 3. The van der Waals surface area contributed by atoms with Crippen LogP contribution < -0.4 is 0 Å². The maximum absolute atomic E-state index is 4.84. The van der Waals surface area contributed by atoms with Crippen LogP contribution in [0.5, 0.6) is 0 Å². The lowest BCUT2D eigenvalue weighted by Gasteiger charge is -2.08. The highest BCUT2D eigenvalue weighted by molar-refractivity contribution is 7.98. The quantitative estimate of drug-likeness (QED) is 0.489. The third-order valence-corrected chi connectivity index (χ3v) is 5.33. The zero-order chi connectivity index (χ0) is 15.5. The average molecular weight is 335 g/mol. The number of nitrogens with zero attached hydrogens (tertiary/aromatic N) is 3. The number of rotatable bonds is 4. The molecule has 0 fully saturated rings. The smallest absolute Gasteiger partial charge is 0.124 e. The normalized spacial score (nSPS) is 11.0. The van der Waals surface area contributed by atoms with Gasteiger partial charge in [0.2, 0.25) is 0 Å². The summed E-state index contributed by atoms with van der Waals surface area (Å²) in [5.41, 5.74) is 4.07. The Hall–Kier alpha value is -2.24. The molecule has 3 nitrogen and oxygen atoms in total. The molecule has 0 atom stereocenters. The lowest BCUT2D eigenvalue weighted by molar-refractivity contribution is 1.13. The second-order valence-corrected chi connectivity index (χ2v) is 6.90. The fraction of sp³-hybridized carbons (Fsp3) is 0.0556. The first-order valence-electron chi connectivity index (χ1n) is 7.22. The molecule has 1 aromatic carbocycles. The van der Waals surface area contributed by atoms with E-state index >= 15 is 0 Å². The number of fused-ring (bicyclic) bond motifs is 1. The first kappa shape index (κ1) is 14.4. The standard InChI is InChI=1S/C18H13N3S2/c1-2-5-15-14(4-1)20-17(16-6-3-11-22-16)18(21-15)23-12-13-7-9-19-10-8-13/h1-11H,12H2. The SMILES string of the molecule is c1csc(-c2nc3ccccc3nc2SCc2ccncc2)c1. The van der Waals surface area contributed by atoms with Gasteiger partial charge < -0.3 is 0 Å². The zero-order valence-corrected chi connectivity index (χ0v) is 13.8. The van der Waals surface area contributed by atoms with Gasteiger partial charge in [-0.2, -0.15) is 0 Å². The van der Waals surface area contributed by atoms with Gasteiger partial charge in [-0.05, 0) is 41.3 Å². The first-order valence-corrected chi connectivity index (χ1v) is 9.09. The molecule has 0 saturated heterocycles. The van der Waals surface area contributed by atoms with Crippen molar-refractivity contribution in [2.75, 3.05) is 0 Å². The summed E-state index contributed by atoms with van der Waals surface area (Å²) in [7, 11) is 0. The summed E-state index contributed by atoms with van der Waals surface area (Å²) in [5.74, 6) is 0.855. The number of thioether (sulfide) groups is 1. The molecule has 0 radical (unpaired) electrons. The van der Waals surface area contributed by atoms with Crippen LogP contribution in [0.3, 0.4) is 0 Å². The van der Waals surface area contributed by atoms with E-state index in [9.17, 15) is 0 Å². The Balaban J connectivity index is 1.75. The Morgan fingerprint density at radius 2 is 1.65 bits per heavy atom. The van der Waals surface area contributed by atoms with Crippen molar-refractivity contribution in [3.8, 4) is 10.6 Å². The Morgan fingerprint density at radius 1 is 0.870 bits per heavy atom. The van der Waals surface area contributed by atoms with Gasteiger partial charge in [0, 0.05) is 18.1 Å². The molecule has 0 unspecified atom stereocenters. The van der Waals surface area contributed by atoms with Crippen molar-refractivity contribution >= 4 is 34.1 Å². The molecule has 0 spiro atoms. The largest absolute Gasteiger partial charge is 0.265 e. The van der Waals surface area contributed by atoms with Gasteiger partial charge >= 0.3 is 0 Å². The second kappa shape index (κ2) is 6.48. The van der Waals surface area contributed by atoms with Crippen molar-refractivity contribution in [3.05, 3.63) is 71.9 Å². The third kappa shape index (κ3) is 3.11. The molecular formula is C18H13N3S2. The first-order chi connectivity index (χ1) is 11.4. The third-order valence-electron chi connectivity index (χ3n) is 3.42. The van der Waals surface area contributed by atoms with Crippen molar-refractivity contribution in [2.24, 2.45) is 0 Å². The van der Waals surface area contributed by atoms with Crippen LogP contribution in [0.1, 0.15) is 5.56 Å². The fourth-order valence-electron chi connectivity index (χ4n) is 2.29. The number of thiophene rings is 1. The molecule has 23 heavy (non-hydrogen) atoms. The molecule has 0 bridgehead atoms. The molecule has 3 heterocycles. The maximum Gasteiger partial charge on any atom is 0.124 e. The van der Waals surface area contributed by atoms with Crippen molar-refractivity contribution in [3.63, 3.8) is 0 Å². The Labute approximate surface area is 142 Å². The Kier molecular flexibility index (Phi) is 4.05. The molecule has 0 aliphatic heterocycles. The molecule has 0 aliphatic carbocycles. The summed E-state index contributed by atoms with van der Waals surface area (Å²) >= 11 is 3.41. The molecule has 112 valence electrons. The van der Waals surface area contributed by atoms with Crippen LogP contribution in [0.25, 0.3) is 21.6 Å². The minimum Gasteiger partial charge on any atom is -0.265 e. The van der Waals surface area contributed by atoms with Gasteiger partial charge in [-0.25, -0.2) is 9.97 Å². The van der Waals surface area contributed by atoms with Crippen LogP contribution in [0.4, 0.5) is 0 Å². The molecule has 0 saturated carbocycles. The molecular weight excluding hydrogens is 322 g/mol. The van der Waals surface area contributed by atoms with Crippen molar-refractivity contribution < 1.29 is 0 Å². The lowest BCUT2D eigenvalue weighted by atomic mass is 10.3. The molecule has 0 amide bonds. The van der Waals surface area contributed by atoms with E-state index in [0.29, 0.717) is 0 Å². The van der Waals surface area contributed by atoms with Crippen molar-refractivity contribution in [1.29, 1.82) is 0 Å². The molecule has 4 aromatic rings. The summed E-state index contributed by atoms with van der Waals surface area (Å²) in [4.78, 5) is 14.9. The predicted octanol–water partition coefficient (Wildman–Crippen LogP) is 5.05. The summed E-state index contributed by atoms with van der Waals surface area (Å²) < 4.78 is 0. The Bertz CT molecular complexity index is 922. The summed E-state index contributed by atoms with van der Waals surface area (Å²) in [6, 6.07) is 16.2. The van der Waals surface area contributed by atoms with Crippen LogP contribution in [0.2, 0.25) is 0 Å². The van der Waals surface area contributed by atoms with E-state index in [1.807, 2.05) is 54.9 Å². The molecule has 0 N–H and O–H groups in total. The highest BCUT2D eigenvalue weighted by atomic mass is 32.2. The van der Waals surface area contributed by atoms with E-state index in [-0.39, 0.29) is 0 Å². The maximum atomic E-state index is 4.84. The van der Waals surface area contributed by atoms with E-state index in [0.717, 1.165) is 32.4 Å². The van der Waals surface area contributed by atoms with Gasteiger partial charge in [0.15, 0.2) is 0 Å². The monoisotopic (exact) mass is 335 g/mol. The van der Waals surface area contributed by atoms with Crippen molar-refractivity contribution in [2.45, 2.75) is 10.8 Å². The van der Waals surface area contributed by atoms with E-state index in [1.54, 1.807) is 23.1 Å². The van der Waals surface area contributed by atoms with Gasteiger partial charge in [-0.15, -0.1) is 11.3 Å². The second-order valence-electron chi connectivity index (χ2n) is 4.99. The van der Waals surface area contributed by atoms with E-state index in [4.69, 9.17) is 9.97 Å². The Morgan fingerprint density at radius 3 is 2.39 bits per heavy atom. The number of hydrogen-bond acceptors (Lipinski definition) is 5. The summed E-state index contributed by atoms with van der Waals surface area (Å²) in [5, 5.41) is 3.05. The molecule has 3 aromatic heterocycles. The fourth-order valence-corrected chi connectivity index (χ4v) is 4.02. The lowest BCUT2D eigenvalue weighted by Crippen LogP contribution is -1.93. The highest BCUT2D eigenvalue weighted by Crippen LogP contribution is 2.34.